The second-order valence-corrected chi connectivity index (χ2v) is 6.07. The number of ketones is 1. The maximum atomic E-state index is 12.5. The molecule has 0 aliphatic carbocycles. The van der Waals surface area contributed by atoms with Crippen LogP contribution in [0.25, 0.3) is 0 Å². The summed E-state index contributed by atoms with van der Waals surface area (Å²) >= 11 is 0. The van der Waals surface area contributed by atoms with Gasteiger partial charge in [-0.15, -0.1) is 6.58 Å². The number of esters is 1. The van der Waals surface area contributed by atoms with Gasteiger partial charge >= 0.3 is 5.97 Å². The number of carbonyl (C=O) groups is 2. The second-order valence-electron chi connectivity index (χ2n) is 6.07. The van der Waals surface area contributed by atoms with Gasteiger partial charge in [0.2, 0.25) is 0 Å². The second kappa shape index (κ2) is 9.19. The molecule has 0 saturated heterocycles. The Labute approximate surface area is 133 Å². The highest BCUT2D eigenvalue weighted by molar-refractivity contribution is 5.85. The van der Waals surface area contributed by atoms with E-state index in [0.29, 0.717) is 18.8 Å². The van der Waals surface area contributed by atoms with Crippen LogP contribution < -0.4 is 0 Å². The summed E-state index contributed by atoms with van der Waals surface area (Å²) in [6.07, 6.45) is 2.85. The summed E-state index contributed by atoms with van der Waals surface area (Å²) in [6, 6.07) is 9.56. The SMILES string of the molecule is C=CC[C@H](C(C)=O)[C@@H](CC(C)C)C(=O)OCc1ccccc1. The summed E-state index contributed by atoms with van der Waals surface area (Å²) in [5, 5.41) is 0. The molecule has 0 heterocycles. The van der Waals surface area contributed by atoms with E-state index in [-0.39, 0.29) is 24.3 Å². The molecule has 0 saturated carbocycles. The van der Waals surface area contributed by atoms with E-state index in [4.69, 9.17) is 4.74 Å². The van der Waals surface area contributed by atoms with Gasteiger partial charge in [-0.1, -0.05) is 50.3 Å². The first kappa shape index (κ1) is 18.1. The van der Waals surface area contributed by atoms with Crippen LogP contribution in [0.15, 0.2) is 43.0 Å². The maximum absolute atomic E-state index is 12.5. The molecule has 0 spiro atoms. The van der Waals surface area contributed by atoms with Crippen LogP contribution in [0.2, 0.25) is 0 Å². The van der Waals surface area contributed by atoms with Crippen molar-refractivity contribution >= 4 is 11.8 Å². The molecule has 0 aliphatic heterocycles. The number of allylic oxidation sites excluding steroid dienone is 1. The van der Waals surface area contributed by atoms with E-state index < -0.39 is 5.92 Å². The molecule has 1 aromatic carbocycles. The van der Waals surface area contributed by atoms with Crippen molar-refractivity contribution in [3.05, 3.63) is 48.6 Å². The quantitative estimate of drug-likeness (QED) is 0.508. The zero-order chi connectivity index (χ0) is 16.5. The van der Waals surface area contributed by atoms with E-state index in [1.807, 2.05) is 44.2 Å². The van der Waals surface area contributed by atoms with Gasteiger partial charge in [-0.25, -0.2) is 0 Å². The van der Waals surface area contributed by atoms with Crippen LogP contribution in [0.4, 0.5) is 0 Å². The highest BCUT2D eigenvalue weighted by Crippen LogP contribution is 2.26. The molecular formula is C19H26O3. The Morgan fingerprint density at radius 3 is 2.32 bits per heavy atom. The normalized spacial score (nSPS) is 13.5. The van der Waals surface area contributed by atoms with Gasteiger partial charge in [0.1, 0.15) is 12.4 Å². The van der Waals surface area contributed by atoms with Crippen molar-refractivity contribution in [3.63, 3.8) is 0 Å². The summed E-state index contributed by atoms with van der Waals surface area (Å²) in [5.74, 6) is -0.704. The number of Topliss-reactive ketones (excluding diaryl/α,β-unsaturated/α-hetero) is 1. The molecule has 1 aromatic rings. The number of ether oxygens (including phenoxy) is 1. The monoisotopic (exact) mass is 302 g/mol. The average Bonchev–Trinajstić information content (AvgIpc) is 2.49. The maximum Gasteiger partial charge on any atom is 0.310 e. The smallest absolute Gasteiger partial charge is 0.310 e. The van der Waals surface area contributed by atoms with Crippen molar-refractivity contribution in [3.8, 4) is 0 Å². The highest BCUT2D eigenvalue weighted by Gasteiger charge is 2.32. The first-order valence-corrected chi connectivity index (χ1v) is 7.77. The zero-order valence-corrected chi connectivity index (χ0v) is 13.7. The minimum absolute atomic E-state index is 0.0159. The Morgan fingerprint density at radius 1 is 1.18 bits per heavy atom. The third-order valence-corrected chi connectivity index (χ3v) is 3.68. The van der Waals surface area contributed by atoms with E-state index in [2.05, 4.69) is 6.58 Å². The molecule has 22 heavy (non-hydrogen) atoms. The molecule has 0 unspecified atom stereocenters. The summed E-state index contributed by atoms with van der Waals surface area (Å²) in [6.45, 7) is 9.56. The molecule has 0 N–H and O–H groups in total. The Kier molecular flexibility index (Phi) is 7.58. The van der Waals surface area contributed by atoms with Crippen molar-refractivity contribution in [2.45, 2.75) is 40.2 Å². The molecular weight excluding hydrogens is 276 g/mol. The van der Waals surface area contributed by atoms with E-state index in [0.717, 1.165) is 5.56 Å². The van der Waals surface area contributed by atoms with Crippen LogP contribution in [0.5, 0.6) is 0 Å². The van der Waals surface area contributed by atoms with Crippen LogP contribution in [-0.4, -0.2) is 11.8 Å². The van der Waals surface area contributed by atoms with Gasteiger partial charge in [-0.2, -0.15) is 0 Å². The van der Waals surface area contributed by atoms with E-state index in [1.54, 1.807) is 6.08 Å². The first-order valence-electron chi connectivity index (χ1n) is 7.77. The molecule has 120 valence electrons. The summed E-state index contributed by atoms with van der Waals surface area (Å²) < 4.78 is 5.44. The van der Waals surface area contributed by atoms with Crippen molar-refractivity contribution < 1.29 is 14.3 Å². The minimum atomic E-state index is -0.404. The van der Waals surface area contributed by atoms with Crippen LogP contribution in [0.3, 0.4) is 0 Å². The Bertz CT molecular complexity index is 491. The molecule has 0 fully saturated rings. The average molecular weight is 302 g/mol. The fourth-order valence-corrected chi connectivity index (χ4v) is 2.56. The molecule has 0 bridgehead atoms. The summed E-state index contributed by atoms with van der Waals surface area (Å²) in [7, 11) is 0. The molecule has 0 aliphatic rings. The molecule has 1 rings (SSSR count). The van der Waals surface area contributed by atoms with Gasteiger partial charge < -0.3 is 4.74 Å². The summed E-state index contributed by atoms with van der Waals surface area (Å²) in [4.78, 5) is 24.3. The van der Waals surface area contributed by atoms with Gasteiger partial charge in [-0.3, -0.25) is 9.59 Å². The molecule has 3 heteroatoms. The number of rotatable bonds is 9. The van der Waals surface area contributed by atoms with Crippen LogP contribution >= 0.6 is 0 Å². The van der Waals surface area contributed by atoms with E-state index in [9.17, 15) is 9.59 Å². The number of hydrogen-bond acceptors (Lipinski definition) is 3. The predicted molar refractivity (Wildman–Crippen MR) is 88.2 cm³/mol. The van der Waals surface area contributed by atoms with E-state index in [1.165, 1.54) is 6.92 Å². The first-order chi connectivity index (χ1) is 10.5. The number of benzene rings is 1. The lowest BCUT2D eigenvalue weighted by Gasteiger charge is -2.24. The molecule has 3 nitrogen and oxygen atoms in total. The zero-order valence-electron chi connectivity index (χ0n) is 13.7. The lowest BCUT2D eigenvalue weighted by atomic mass is 9.81. The largest absolute Gasteiger partial charge is 0.461 e. The van der Waals surface area contributed by atoms with Gasteiger partial charge in [-0.05, 0) is 31.2 Å². The fraction of sp³-hybridized carbons (Fsp3) is 0.474. The number of carbonyl (C=O) groups excluding carboxylic acids is 2. The number of hydrogen-bond donors (Lipinski definition) is 0. The minimum Gasteiger partial charge on any atom is -0.461 e. The van der Waals surface area contributed by atoms with Gasteiger partial charge in [0.15, 0.2) is 0 Å². The third-order valence-electron chi connectivity index (χ3n) is 3.68. The molecule has 2 atom stereocenters. The third kappa shape index (κ3) is 5.84. The fourth-order valence-electron chi connectivity index (χ4n) is 2.56. The van der Waals surface area contributed by atoms with Crippen molar-refractivity contribution in [1.82, 2.24) is 0 Å². The molecule has 0 aromatic heterocycles. The van der Waals surface area contributed by atoms with Gasteiger partial charge in [0.05, 0.1) is 5.92 Å². The van der Waals surface area contributed by atoms with Crippen molar-refractivity contribution in [2.24, 2.45) is 17.8 Å². The summed E-state index contributed by atoms with van der Waals surface area (Å²) in [5.41, 5.74) is 0.947. The lowest BCUT2D eigenvalue weighted by Crippen LogP contribution is -2.31. The standard InChI is InChI=1S/C19H26O3/c1-5-9-17(15(4)20)18(12-14(2)3)19(21)22-13-16-10-7-6-8-11-16/h5-8,10-11,14,17-18H,1,9,12-13H2,2-4H3/t17-,18-/m1/s1. The predicted octanol–water partition coefficient (Wildman–Crippen LogP) is 4.17. The lowest BCUT2D eigenvalue weighted by molar-refractivity contribution is -0.154. The Balaban J connectivity index is 2.78. The van der Waals surface area contributed by atoms with Gasteiger partial charge in [0, 0.05) is 5.92 Å². The van der Waals surface area contributed by atoms with Crippen LogP contribution in [0.1, 0.15) is 39.2 Å². The Morgan fingerprint density at radius 2 is 1.82 bits per heavy atom. The highest BCUT2D eigenvalue weighted by atomic mass is 16.5. The molecule has 0 amide bonds. The topological polar surface area (TPSA) is 43.4 Å². The Hall–Kier alpha value is -1.90. The van der Waals surface area contributed by atoms with Crippen LogP contribution in [-0.2, 0) is 20.9 Å². The van der Waals surface area contributed by atoms with Crippen molar-refractivity contribution in [1.29, 1.82) is 0 Å². The van der Waals surface area contributed by atoms with Crippen LogP contribution in [0, 0.1) is 17.8 Å². The van der Waals surface area contributed by atoms with Crippen molar-refractivity contribution in [2.75, 3.05) is 0 Å². The molecule has 0 radical (unpaired) electrons. The van der Waals surface area contributed by atoms with Gasteiger partial charge in [0.25, 0.3) is 0 Å². The van der Waals surface area contributed by atoms with E-state index >= 15 is 0 Å².